The summed E-state index contributed by atoms with van der Waals surface area (Å²) in [5, 5.41) is 3.65. The Morgan fingerprint density at radius 1 is 1.18 bits per heavy atom. The fourth-order valence-electron chi connectivity index (χ4n) is 3.13. The van der Waals surface area contributed by atoms with Crippen molar-refractivity contribution in [2.45, 2.75) is 19.9 Å². The van der Waals surface area contributed by atoms with Crippen LogP contribution in [0.5, 0.6) is 0 Å². The Bertz CT molecular complexity index is 1020. The minimum Gasteiger partial charge on any atom is -0.352 e. The van der Waals surface area contributed by atoms with Gasteiger partial charge >= 0.3 is 0 Å². The lowest BCUT2D eigenvalue weighted by Crippen LogP contribution is -3.05. The maximum absolute atomic E-state index is 13.1. The molecule has 6 nitrogen and oxygen atoms in total. The van der Waals surface area contributed by atoms with Gasteiger partial charge in [-0.1, -0.05) is 29.8 Å². The second-order valence-corrected chi connectivity index (χ2v) is 7.42. The number of nitrogens with one attached hydrogen (secondary N) is 2. The van der Waals surface area contributed by atoms with Crippen LogP contribution in [0, 0.1) is 6.92 Å². The van der Waals surface area contributed by atoms with Gasteiger partial charge in [0, 0.05) is 24.5 Å². The zero-order valence-electron chi connectivity index (χ0n) is 16.7. The third-order valence-electron chi connectivity index (χ3n) is 4.69. The Morgan fingerprint density at radius 2 is 1.93 bits per heavy atom. The maximum Gasteiger partial charge on any atom is 0.265 e. The molecule has 146 valence electrons. The van der Waals surface area contributed by atoms with Gasteiger partial charge < -0.3 is 10.2 Å². The Morgan fingerprint density at radius 3 is 2.64 bits per heavy atom. The topological polar surface area (TPSA) is 68.4 Å². The summed E-state index contributed by atoms with van der Waals surface area (Å²) in [7, 11) is 4.14. The van der Waals surface area contributed by atoms with E-state index in [1.807, 2.05) is 43.3 Å². The van der Waals surface area contributed by atoms with Crippen molar-refractivity contribution < 1.29 is 9.69 Å². The van der Waals surface area contributed by atoms with Crippen LogP contribution in [0.3, 0.4) is 0 Å². The lowest BCUT2D eigenvalue weighted by atomic mass is 10.1. The first-order chi connectivity index (χ1) is 13.5. The molecule has 0 atom stereocenters. The molecule has 0 radical (unpaired) electrons. The van der Waals surface area contributed by atoms with Gasteiger partial charge in [-0.25, -0.2) is 4.98 Å². The summed E-state index contributed by atoms with van der Waals surface area (Å²) in [5.74, 6) is -0.331. The first-order valence-corrected chi connectivity index (χ1v) is 9.57. The standard InChI is InChI=1S/C22H26N4O2/c1-16-7-9-17(10-8-16)15-26-20-18(6-4-11-23-20)14-19(22(26)28)21(27)24-12-5-13-25(2)3/h4,6-11,14H,5,12-13,15H2,1-3H3,(H,24,27)/p+1. The summed E-state index contributed by atoms with van der Waals surface area (Å²) in [5.41, 5.74) is 2.58. The normalized spacial score (nSPS) is 11.1. The summed E-state index contributed by atoms with van der Waals surface area (Å²) in [6.45, 7) is 3.90. The molecule has 28 heavy (non-hydrogen) atoms. The van der Waals surface area contributed by atoms with Crippen LogP contribution in [0.4, 0.5) is 0 Å². The smallest absolute Gasteiger partial charge is 0.265 e. The molecule has 0 aliphatic carbocycles. The van der Waals surface area contributed by atoms with Crippen LogP contribution in [0.15, 0.2) is 53.5 Å². The summed E-state index contributed by atoms with van der Waals surface area (Å²) in [6.07, 6.45) is 2.53. The predicted molar refractivity (Wildman–Crippen MR) is 111 cm³/mol. The zero-order chi connectivity index (χ0) is 20.1. The van der Waals surface area contributed by atoms with Gasteiger partial charge in [0.25, 0.3) is 11.5 Å². The maximum atomic E-state index is 13.1. The SMILES string of the molecule is Cc1ccc(Cn2c(=O)c(C(=O)NCCC[NH+](C)C)cc3cccnc32)cc1. The number of quaternary nitrogens is 1. The number of fused-ring (bicyclic) bond motifs is 1. The van der Waals surface area contributed by atoms with E-state index in [0.29, 0.717) is 18.7 Å². The van der Waals surface area contributed by atoms with Crippen molar-refractivity contribution in [2.24, 2.45) is 0 Å². The number of pyridine rings is 2. The van der Waals surface area contributed by atoms with Gasteiger partial charge in [0.2, 0.25) is 0 Å². The third kappa shape index (κ3) is 4.64. The van der Waals surface area contributed by atoms with E-state index in [1.54, 1.807) is 16.8 Å². The molecule has 0 bridgehead atoms. The fraction of sp³-hybridized carbons (Fsp3) is 0.318. The van der Waals surface area contributed by atoms with E-state index in [1.165, 1.54) is 4.90 Å². The van der Waals surface area contributed by atoms with E-state index >= 15 is 0 Å². The van der Waals surface area contributed by atoms with Crippen LogP contribution in [0.1, 0.15) is 27.9 Å². The van der Waals surface area contributed by atoms with Crippen molar-refractivity contribution in [3.63, 3.8) is 0 Å². The highest BCUT2D eigenvalue weighted by atomic mass is 16.2. The van der Waals surface area contributed by atoms with Crippen LogP contribution < -0.4 is 15.8 Å². The average molecular weight is 379 g/mol. The average Bonchev–Trinajstić information content (AvgIpc) is 2.68. The van der Waals surface area contributed by atoms with Gasteiger partial charge in [0.05, 0.1) is 27.2 Å². The molecule has 0 aliphatic rings. The minimum absolute atomic E-state index is 0.157. The number of aromatic nitrogens is 2. The molecule has 2 heterocycles. The highest BCUT2D eigenvalue weighted by Crippen LogP contribution is 2.13. The number of amides is 1. The summed E-state index contributed by atoms with van der Waals surface area (Å²) in [6, 6.07) is 13.3. The second-order valence-electron chi connectivity index (χ2n) is 7.42. The van der Waals surface area contributed by atoms with Gasteiger partial charge in [0.1, 0.15) is 11.2 Å². The summed E-state index contributed by atoms with van der Waals surface area (Å²) < 4.78 is 1.58. The number of benzene rings is 1. The molecule has 1 aromatic carbocycles. The Hall–Kier alpha value is -2.99. The van der Waals surface area contributed by atoms with Crippen molar-refractivity contribution in [2.75, 3.05) is 27.2 Å². The largest absolute Gasteiger partial charge is 0.352 e. The molecule has 2 aromatic heterocycles. The van der Waals surface area contributed by atoms with Crippen molar-refractivity contribution in [3.8, 4) is 0 Å². The van der Waals surface area contributed by atoms with E-state index < -0.39 is 0 Å². The minimum atomic E-state index is -0.331. The van der Waals surface area contributed by atoms with Crippen LogP contribution in [-0.4, -0.2) is 42.6 Å². The van der Waals surface area contributed by atoms with E-state index in [9.17, 15) is 9.59 Å². The molecule has 6 heteroatoms. The first-order valence-electron chi connectivity index (χ1n) is 9.57. The molecule has 0 aliphatic heterocycles. The monoisotopic (exact) mass is 379 g/mol. The van der Waals surface area contributed by atoms with Crippen molar-refractivity contribution in [1.29, 1.82) is 0 Å². The molecule has 0 saturated carbocycles. The zero-order valence-corrected chi connectivity index (χ0v) is 16.7. The van der Waals surface area contributed by atoms with E-state index in [0.717, 1.165) is 29.5 Å². The molecule has 3 aromatic rings. The number of carbonyl (C=O) groups is 1. The van der Waals surface area contributed by atoms with Crippen LogP contribution >= 0.6 is 0 Å². The van der Waals surface area contributed by atoms with E-state index in [-0.39, 0.29) is 17.0 Å². The summed E-state index contributed by atoms with van der Waals surface area (Å²) >= 11 is 0. The van der Waals surface area contributed by atoms with E-state index in [2.05, 4.69) is 24.4 Å². The Balaban J connectivity index is 1.93. The van der Waals surface area contributed by atoms with Crippen molar-refractivity contribution >= 4 is 16.9 Å². The van der Waals surface area contributed by atoms with Gasteiger partial charge in [-0.05, 0) is 30.7 Å². The number of hydrogen-bond acceptors (Lipinski definition) is 3. The Kier molecular flexibility index (Phi) is 6.21. The van der Waals surface area contributed by atoms with Crippen LogP contribution in [0.2, 0.25) is 0 Å². The molecule has 2 N–H and O–H groups in total. The number of nitrogens with zero attached hydrogens (tertiary/aromatic N) is 2. The van der Waals surface area contributed by atoms with Crippen LogP contribution in [-0.2, 0) is 6.54 Å². The molecule has 3 rings (SSSR count). The lowest BCUT2D eigenvalue weighted by molar-refractivity contribution is -0.858. The van der Waals surface area contributed by atoms with Gasteiger partial charge in [-0.3, -0.25) is 14.2 Å². The fourth-order valence-corrected chi connectivity index (χ4v) is 3.13. The quantitative estimate of drug-likeness (QED) is 0.602. The van der Waals surface area contributed by atoms with Crippen molar-refractivity contribution in [3.05, 3.63) is 75.7 Å². The molecule has 0 fully saturated rings. The second kappa shape index (κ2) is 8.80. The number of carbonyl (C=O) groups excluding carboxylic acids is 1. The Labute approximate surface area is 164 Å². The van der Waals surface area contributed by atoms with Crippen molar-refractivity contribution in [1.82, 2.24) is 14.9 Å². The number of rotatable bonds is 7. The van der Waals surface area contributed by atoms with Gasteiger partial charge in [-0.15, -0.1) is 0 Å². The van der Waals surface area contributed by atoms with E-state index in [4.69, 9.17) is 0 Å². The highest BCUT2D eigenvalue weighted by Gasteiger charge is 2.16. The molecule has 1 amide bonds. The first kappa shape index (κ1) is 19.8. The molecule has 0 unspecified atom stereocenters. The van der Waals surface area contributed by atoms with Gasteiger partial charge in [0.15, 0.2) is 0 Å². The third-order valence-corrected chi connectivity index (χ3v) is 4.69. The van der Waals surface area contributed by atoms with Crippen LogP contribution in [0.25, 0.3) is 11.0 Å². The number of aryl methyl sites for hydroxylation is 1. The molecule has 0 spiro atoms. The molecular formula is C22H27N4O2+. The predicted octanol–water partition coefficient (Wildman–Crippen LogP) is 1.02. The number of hydrogen-bond donors (Lipinski definition) is 2. The highest BCUT2D eigenvalue weighted by molar-refractivity contribution is 5.96. The lowest BCUT2D eigenvalue weighted by Gasteiger charge is -2.13. The molecule has 0 saturated heterocycles. The molecular weight excluding hydrogens is 352 g/mol. The summed E-state index contributed by atoms with van der Waals surface area (Å²) in [4.78, 5) is 31.5. The van der Waals surface area contributed by atoms with Gasteiger partial charge in [-0.2, -0.15) is 0 Å².